The molecule has 6 heteroatoms. The van der Waals surface area contributed by atoms with Gasteiger partial charge < -0.3 is 9.64 Å². The number of carbonyl (C=O) groups excluding carboxylic acids is 2. The molecule has 0 saturated heterocycles. The third kappa shape index (κ3) is 2.24. The lowest BCUT2D eigenvalue weighted by Gasteiger charge is -2.19. The van der Waals surface area contributed by atoms with Crippen LogP contribution in [0.5, 0.6) is 0 Å². The van der Waals surface area contributed by atoms with Crippen LogP contribution in [0.1, 0.15) is 39.3 Å². The second-order valence-electron chi connectivity index (χ2n) is 6.64. The monoisotopic (exact) mass is 289 g/mol. The Balaban J connectivity index is 1.84. The van der Waals surface area contributed by atoms with Gasteiger partial charge in [-0.25, -0.2) is 9.78 Å². The van der Waals surface area contributed by atoms with Crippen molar-refractivity contribution < 1.29 is 14.3 Å². The van der Waals surface area contributed by atoms with Gasteiger partial charge in [-0.05, 0) is 45.7 Å². The molecule has 112 valence electrons. The van der Waals surface area contributed by atoms with Crippen molar-refractivity contribution in [2.24, 2.45) is 0 Å². The molecule has 2 aliphatic rings. The number of nitrogens with one attached hydrogen (secondary N) is 1. The zero-order chi connectivity index (χ0) is 15.4. The molecule has 1 fully saturated rings. The first-order valence-corrected chi connectivity index (χ1v) is 7.03. The summed E-state index contributed by atoms with van der Waals surface area (Å²) in [5, 5.41) is 2.62. The van der Waals surface area contributed by atoms with Crippen molar-refractivity contribution in [3.63, 3.8) is 0 Å². The first-order chi connectivity index (χ1) is 9.73. The Morgan fingerprint density at radius 2 is 2.05 bits per heavy atom. The quantitative estimate of drug-likeness (QED) is 0.862. The predicted octanol–water partition coefficient (Wildman–Crippen LogP) is 2.44. The molecule has 6 nitrogen and oxygen atoms in total. The molecule has 0 bridgehead atoms. The van der Waals surface area contributed by atoms with E-state index in [1.165, 1.54) is 0 Å². The summed E-state index contributed by atoms with van der Waals surface area (Å²) >= 11 is 0. The van der Waals surface area contributed by atoms with Gasteiger partial charge in [-0.2, -0.15) is 0 Å². The van der Waals surface area contributed by atoms with E-state index in [0.29, 0.717) is 5.82 Å². The van der Waals surface area contributed by atoms with E-state index in [4.69, 9.17) is 4.74 Å². The summed E-state index contributed by atoms with van der Waals surface area (Å²) in [4.78, 5) is 30.1. The van der Waals surface area contributed by atoms with Gasteiger partial charge in [0.05, 0.1) is 16.8 Å². The minimum Gasteiger partial charge on any atom is -0.444 e. The number of rotatable bonds is 1. The third-order valence-corrected chi connectivity index (χ3v) is 3.78. The topological polar surface area (TPSA) is 71.5 Å². The van der Waals surface area contributed by atoms with E-state index >= 15 is 0 Å². The van der Waals surface area contributed by atoms with Gasteiger partial charge in [-0.15, -0.1) is 0 Å². The zero-order valence-electron chi connectivity index (χ0n) is 12.7. The van der Waals surface area contributed by atoms with Crippen LogP contribution in [0.2, 0.25) is 0 Å². The molecule has 1 aliphatic heterocycles. The standard InChI is InChI=1S/C15H19N3O3/c1-14(2,3)21-13(20)17-10-6-5-9-11(16-10)15(7-8-15)12(19)18(9)4/h5-6H,7-8H2,1-4H3,(H,16,17,20). The summed E-state index contributed by atoms with van der Waals surface area (Å²) in [7, 11) is 1.76. The normalized spacial score (nSPS) is 18.7. The van der Waals surface area contributed by atoms with Gasteiger partial charge in [-0.3, -0.25) is 10.1 Å². The number of likely N-dealkylation sites (N-methyl/N-ethyl adjacent to an activating group) is 1. The second-order valence-corrected chi connectivity index (χ2v) is 6.64. The minimum atomic E-state index is -0.561. The van der Waals surface area contributed by atoms with Gasteiger partial charge >= 0.3 is 6.09 Å². The van der Waals surface area contributed by atoms with Gasteiger partial charge in [-0.1, -0.05) is 0 Å². The van der Waals surface area contributed by atoms with E-state index in [0.717, 1.165) is 24.2 Å². The number of ether oxygens (including phenoxy) is 1. The van der Waals surface area contributed by atoms with Gasteiger partial charge in [0, 0.05) is 7.05 Å². The number of amides is 2. The third-order valence-electron chi connectivity index (χ3n) is 3.78. The van der Waals surface area contributed by atoms with Crippen LogP contribution in [0.4, 0.5) is 16.3 Å². The SMILES string of the molecule is CN1C(=O)C2(CC2)c2nc(NC(=O)OC(C)(C)C)ccc21. The number of pyridine rings is 1. The first-order valence-electron chi connectivity index (χ1n) is 7.03. The molecular formula is C15H19N3O3. The molecule has 21 heavy (non-hydrogen) atoms. The van der Waals surface area contributed by atoms with Crippen LogP contribution < -0.4 is 10.2 Å². The molecule has 0 aromatic carbocycles. The number of carbonyl (C=O) groups is 2. The Labute approximate surface area is 123 Å². The summed E-state index contributed by atoms with van der Waals surface area (Å²) in [5.74, 6) is 0.511. The van der Waals surface area contributed by atoms with Crippen molar-refractivity contribution in [3.8, 4) is 0 Å². The van der Waals surface area contributed by atoms with Crippen molar-refractivity contribution in [1.82, 2.24) is 4.98 Å². The maximum Gasteiger partial charge on any atom is 0.413 e. The molecule has 1 spiro atoms. The molecule has 2 amide bonds. The molecule has 0 unspecified atom stereocenters. The predicted molar refractivity (Wildman–Crippen MR) is 78.4 cm³/mol. The van der Waals surface area contributed by atoms with E-state index in [9.17, 15) is 9.59 Å². The Morgan fingerprint density at radius 3 is 2.62 bits per heavy atom. The van der Waals surface area contributed by atoms with Gasteiger partial charge in [0.2, 0.25) is 5.91 Å². The number of nitrogens with zero attached hydrogens (tertiary/aromatic N) is 2. The Morgan fingerprint density at radius 1 is 1.38 bits per heavy atom. The Kier molecular flexibility index (Phi) is 2.77. The Bertz CT molecular complexity index is 630. The Hall–Kier alpha value is -2.11. The second kappa shape index (κ2) is 4.19. The molecule has 1 N–H and O–H groups in total. The van der Waals surface area contributed by atoms with Gasteiger partial charge in [0.25, 0.3) is 0 Å². The van der Waals surface area contributed by atoms with Crippen molar-refractivity contribution in [2.75, 3.05) is 17.3 Å². The lowest BCUT2D eigenvalue weighted by Crippen LogP contribution is -2.28. The highest BCUT2D eigenvalue weighted by Crippen LogP contribution is 2.56. The van der Waals surface area contributed by atoms with Crippen LogP contribution in [-0.2, 0) is 14.9 Å². The maximum absolute atomic E-state index is 12.2. The van der Waals surface area contributed by atoms with Crippen LogP contribution >= 0.6 is 0 Å². The lowest BCUT2D eigenvalue weighted by molar-refractivity contribution is -0.120. The van der Waals surface area contributed by atoms with Crippen molar-refractivity contribution in [1.29, 1.82) is 0 Å². The first kappa shape index (κ1) is 13.9. The van der Waals surface area contributed by atoms with Gasteiger partial charge in [0.1, 0.15) is 11.4 Å². The summed E-state index contributed by atoms with van der Waals surface area (Å²) in [6.45, 7) is 5.40. The summed E-state index contributed by atoms with van der Waals surface area (Å²) in [6.07, 6.45) is 1.11. The highest BCUT2D eigenvalue weighted by atomic mass is 16.6. The number of aromatic nitrogens is 1. The zero-order valence-corrected chi connectivity index (χ0v) is 12.7. The fraction of sp³-hybridized carbons (Fsp3) is 0.533. The maximum atomic E-state index is 12.2. The average Bonchev–Trinajstić information content (AvgIpc) is 3.12. The molecule has 2 heterocycles. The molecule has 1 aliphatic carbocycles. The smallest absolute Gasteiger partial charge is 0.413 e. The molecule has 1 saturated carbocycles. The summed E-state index contributed by atoms with van der Waals surface area (Å²) in [6, 6.07) is 3.51. The van der Waals surface area contributed by atoms with Crippen LogP contribution in [-0.4, -0.2) is 29.6 Å². The molecule has 1 aromatic heterocycles. The molecule has 1 aromatic rings. The van der Waals surface area contributed by atoms with E-state index in [1.807, 2.05) is 6.07 Å². The van der Waals surface area contributed by atoms with Crippen molar-refractivity contribution >= 4 is 23.5 Å². The largest absolute Gasteiger partial charge is 0.444 e. The summed E-state index contributed by atoms with van der Waals surface area (Å²) < 4.78 is 5.20. The number of anilines is 2. The molecule has 0 radical (unpaired) electrons. The lowest BCUT2D eigenvalue weighted by atomic mass is 10.0. The highest BCUT2D eigenvalue weighted by Gasteiger charge is 2.59. The van der Waals surface area contributed by atoms with Crippen molar-refractivity contribution in [2.45, 2.75) is 44.6 Å². The van der Waals surface area contributed by atoms with Gasteiger partial charge in [0.15, 0.2) is 0 Å². The molecular weight excluding hydrogens is 270 g/mol. The van der Waals surface area contributed by atoms with Crippen LogP contribution in [0.15, 0.2) is 12.1 Å². The fourth-order valence-electron chi connectivity index (χ4n) is 2.66. The van der Waals surface area contributed by atoms with E-state index in [-0.39, 0.29) is 5.91 Å². The molecule has 0 atom stereocenters. The van der Waals surface area contributed by atoms with Crippen LogP contribution in [0.3, 0.4) is 0 Å². The van der Waals surface area contributed by atoms with E-state index in [2.05, 4.69) is 10.3 Å². The number of hydrogen-bond acceptors (Lipinski definition) is 4. The van der Waals surface area contributed by atoms with Crippen LogP contribution in [0.25, 0.3) is 0 Å². The molecule has 3 rings (SSSR count). The highest BCUT2D eigenvalue weighted by molar-refractivity contribution is 6.09. The summed E-state index contributed by atoms with van der Waals surface area (Å²) in [5.41, 5.74) is 0.584. The van der Waals surface area contributed by atoms with Crippen molar-refractivity contribution in [3.05, 3.63) is 17.8 Å². The van der Waals surface area contributed by atoms with E-state index < -0.39 is 17.1 Å². The fourth-order valence-corrected chi connectivity index (χ4v) is 2.66. The minimum absolute atomic E-state index is 0.0967. The average molecular weight is 289 g/mol. The number of fused-ring (bicyclic) bond motifs is 2. The van der Waals surface area contributed by atoms with Crippen LogP contribution in [0, 0.1) is 0 Å². The number of hydrogen-bond donors (Lipinski definition) is 1. The van der Waals surface area contributed by atoms with E-state index in [1.54, 1.807) is 38.8 Å².